The van der Waals surface area contributed by atoms with Crippen LogP contribution < -0.4 is 10.5 Å². The molecular formula is C10H25B2N7S. The summed E-state index contributed by atoms with van der Waals surface area (Å²) >= 11 is 4.51. The van der Waals surface area contributed by atoms with Crippen molar-refractivity contribution in [3.63, 3.8) is 0 Å². The highest BCUT2D eigenvalue weighted by molar-refractivity contribution is 7.81. The van der Waals surface area contributed by atoms with E-state index in [1.165, 1.54) is 0 Å². The zero-order valence-corrected chi connectivity index (χ0v) is 14.1. The summed E-state index contributed by atoms with van der Waals surface area (Å²) in [5.41, 5.74) is 0. The lowest BCUT2D eigenvalue weighted by Crippen LogP contribution is -2.56. The lowest BCUT2D eigenvalue weighted by Gasteiger charge is -2.31. The fourth-order valence-electron chi connectivity index (χ4n) is 2.06. The quantitative estimate of drug-likeness (QED) is 0.489. The van der Waals surface area contributed by atoms with Crippen LogP contribution in [0.25, 0.3) is 0 Å². The molecule has 0 unspecified atom stereocenters. The number of thiol groups is 1. The molecule has 0 bridgehead atoms. The minimum Gasteiger partial charge on any atom is -0.383 e. The van der Waals surface area contributed by atoms with Crippen LogP contribution in [0.2, 0.25) is 13.6 Å². The normalized spacial score (nSPS) is 11.8. The first-order valence-electron chi connectivity index (χ1n) is 7.02. The van der Waals surface area contributed by atoms with Crippen molar-refractivity contribution in [2.75, 3.05) is 18.8 Å². The Labute approximate surface area is 127 Å². The molecule has 0 aliphatic carbocycles. The number of hydrogen-bond donors (Lipinski definition) is 3. The number of nitrogens with one attached hydrogen (secondary N) is 2. The predicted molar refractivity (Wildman–Crippen MR) is 89.0 cm³/mol. The molecule has 10 heteroatoms. The van der Waals surface area contributed by atoms with Crippen LogP contribution in [0.1, 0.15) is 27.2 Å². The highest BCUT2D eigenvalue weighted by Crippen LogP contribution is 2.21. The highest BCUT2D eigenvalue weighted by Gasteiger charge is 2.28. The lowest BCUT2D eigenvalue weighted by molar-refractivity contribution is 0.473. The van der Waals surface area contributed by atoms with Crippen molar-refractivity contribution in [3.05, 3.63) is 0 Å². The zero-order valence-electron chi connectivity index (χ0n) is 13.3. The molecule has 0 saturated carbocycles. The molecule has 112 valence electrons. The maximum atomic E-state index is 4.51. The first-order chi connectivity index (χ1) is 9.31. The molecule has 1 aromatic heterocycles. The molecule has 1 heterocycles. The van der Waals surface area contributed by atoms with Gasteiger partial charge < -0.3 is 15.2 Å². The number of hydrogen-bond acceptors (Lipinski definition) is 7. The Morgan fingerprint density at radius 1 is 1.35 bits per heavy atom. The van der Waals surface area contributed by atoms with Gasteiger partial charge in [-0.15, -0.1) is 12.6 Å². The van der Waals surface area contributed by atoms with Crippen molar-refractivity contribution in [2.45, 2.75) is 45.7 Å². The van der Waals surface area contributed by atoms with Crippen molar-refractivity contribution in [1.82, 2.24) is 30.2 Å². The highest BCUT2D eigenvalue weighted by atomic mass is 32.1. The van der Waals surface area contributed by atoms with Gasteiger partial charge in [-0.05, 0) is 44.3 Å². The molecule has 0 aliphatic heterocycles. The van der Waals surface area contributed by atoms with Crippen LogP contribution >= 0.6 is 12.6 Å². The van der Waals surface area contributed by atoms with E-state index in [0.29, 0.717) is 5.95 Å². The molecule has 1 rings (SSSR count). The van der Waals surface area contributed by atoms with Gasteiger partial charge in [0, 0.05) is 0 Å². The molecule has 0 aromatic carbocycles. The van der Waals surface area contributed by atoms with Gasteiger partial charge in [-0.25, -0.2) is 0 Å². The van der Waals surface area contributed by atoms with Gasteiger partial charge in [0.05, 0.1) is 0 Å². The third-order valence-electron chi connectivity index (χ3n) is 3.22. The fourth-order valence-corrected chi connectivity index (χ4v) is 2.20. The molecule has 20 heavy (non-hydrogen) atoms. The Morgan fingerprint density at radius 3 is 2.50 bits per heavy atom. The third kappa shape index (κ3) is 4.39. The van der Waals surface area contributed by atoms with E-state index in [0.717, 1.165) is 13.0 Å². The Balaban J connectivity index is 2.83. The van der Waals surface area contributed by atoms with Gasteiger partial charge in [-0.2, -0.15) is 4.68 Å². The van der Waals surface area contributed by atoms with E-state index in [9.17, 15) is 0 Å². The zero-order chi connectivity index (χ0) is 15.3. The smallest absolute Gasteiger partial charge is 0.329 e. The molecule has 0 radical (unpaired) electrons. The second-order valence-corrected chi connectivity index (χ2v) is 6.53. The van der Waals surface area contributed by atoms with Gasteiger partial charge in [0.15, 0.2) is 0 Å². The molecular weight excluding hydrogens is 272 g/mol. The van der Waals surface area contributed by atoms with Gasteiger partial charge in [0.1, 0.15) is 4.87 Å². The molecule has 0 saturated heterocycles. The Bertz CT molecular complexity index is 409. The van der Waals surface area contributed by atoms with E-state index in [-0.39, 0.29) is 14.0 Å². The van der Waals surface area contributed by atoms with Crippen molar-refractivity contribution in [1.29, 1.82) is 0 Å². The van der Waals surface area contributed by atoms with E-state index in [1.54, 1.807) is 4.68 Å². The fraction of sp³-hybridized carbons (Fsp3) is 0.900. The van der Waals surface area contributed by atoms with Crippen molar-refractivity contribution in [3.8, 4) is 0 Å². The SMILES string of the molecule is CCCN(B(C)NC)B(C)Nc1nnnn1C(C)(C)S. The van der Waals surface area contributed by atoms with Crippen LogP contribution in [0, 0.1) is 0 Å². The first kappa shape index (κ1) is 17.3. The summed E-state index contributed by atoms with van der Waals surface area (Å²) in [6.45, 7) is 11.7. The standard InChI is InChI=1S/C10H25B2N7S/c1-7-8-18(11(4)13-6)12(5)14-9-15-16-17-19(9)10(2,3)20/h13,20H,7-8H2,1-6H3,(H,14,15,17). The number of nitrogens with zero attached hydrogens (tertiary/aromatic N) is 5. The van der Waals surface area contributed by atoms with E-state index in [2.05, 4.69) is 63.9 Å². The van der Waals surface area contributed by atoms with Crippen molar-refractivity contribution >= 4 is 32.5 Å². The number of rotatable bonds is 8. The second-order valence-electron chi connectivity index (χ2n) is 5.43. The Morgan fingerprint density at radius 2 is 2.00 bits per heavy atom. The molecule has 0 aliphatic rings. The van der Waals surface area contributed by atoms with Crippen LogP contribution in [0.5, 0.6) is 0 Å². The number of aromatic nitrogens is 4. The summed E-state index contributed by atoms with van der Waals surface area (Å²) in [5.74, 6) is 0.627. The Hall–Kier alpha value is -0.730. The van der Waals surface area contributed by atoms with Gasteiger partial charge in [-0.3, -0.25) is 0 Å². The van der Waals surface area contributed by atoms with Crippen LogP contribution in [0.4, 0.5) is 5.95 Å². The van der Waals surface area contributed by atoms with E-state index in [1.807, 2.05) is 20.9 Å². The monoisotopic (exact) mass is 297 g/mol. The second kappa shape index (κ2) is 7.33. The maximum Gasteiger partial charge on any atom is 0.329 e. The number of tetrazole rings is 1. The maximum absolute atomic E-state index is 4.51. The van der Waals surface area contributed by atoms with E-state index in [4.69, 9.17) is 0 Å². The molecule has 1 aromatic rings. The van der Waals surface area contributed by atoms with Gasteiger partial charge in [0.2, 0.25) is 5.95 Å². The largest absolute Gasteiger partial charge is 0.383 e. The summed E-state index contributed by atoms with van der Waals surface area (Å²) in [6, 6.07) is 0. The molecule has 2 N–H and O–H groups in total. The molecule has 0 spiro atoms. The van der Waals surface area contributed by atoms with Crippen LogP contribution in [-0.4, -0.2) is 52.5 Å². The summed E-state index contributed by atoms with van der Waals surface area (Å²) in [6.07, 6.45) is 1.08. The third-order valence-corrected chi connectivity index (χ3v) is 3.41. The van der Waals surface area contributed by atoms with Gasteiger partial charge in [-0.1, -0.05) is 25.7 Å². The van der Waals surface area contributed by atoms with Crippen LogP contribution in [0.3, 0.4) is 0 Å². The van der Waals surface area contributed by atoms with Gasteiger partial charge in [0.25, 0.3) is 6.98 Å². The summed E-state index contributed by atoms with van der Waals surface area (Å²) in [5, 5.41) is 18.4. The topological polar surface area (TPSA) is 70.9 Å². The summed E-state index contributed by atoms with van der Waals surface area (Å²) in [7, 11) is 1.96. The van der Waals surface area contributed by atoms with Crippen molar-refractivity contribution < 1.29 is 0 Å². The molecule has 0 fully saturated rings. The lowest BCUT2D eigenvalue weighted by atomic mass is 9.62. The molecule has 7 nitrogen and oxygen atoms in total. The summed E-state index contributed by atoms with van der Waals surface area (Å²) in [4.78, 5) is -0.449. The van der Waals surface area contributed by atoms with E-state index >= 15 is 0 Å². The first-order valence-corrected chi connectivity index (χ1v) is 7.46. The minimum absolute atomic E-state index is 0.109. The minimum atomic E-state index is -0.449. The number of anilines is 1. The summed E-state index contributed by atoms with van der Waals surface area (Å²) < 4.78 is 4.01. The van der Waals surface area contributed by atoms with Crippen molar-refractivity contribution in [2.24, 2.45) is 0 Å². The average Bonchev–Trinajstić information content (AvgIpc) is 2.82. The molecule has 0 amide bonds. The van der Waals surface area contributed by atoms with E-state index < -0.39 is 4.87 Å². The predicted octanol–water partition coefficient (Wildman–Crippen LogP) is 0.875. The average molecular weight is 297 g/mol. The molecule has 0 atom stereocenters. The van der Waals surface area contributed by atoms with Crippen LogP contribution in [0.15, 0.2) is 0 Å². The van der Waals surface area contributed by atoms with Crippen LogP contribution in [-0.2, 0) is 4.87 Å². The van der Waals surface area contributed by atoms with Gasteiger partial charge >= 0.3 is 6.98 Å². The Kier molecular flexibility index (Phi) is 6.35.